The molecule has 0 spiro atoms. The number of hydrogen-bond acceptors (Lipinski definition) is 3. The highest BCUT2D eigenvalue weighted by Crippen LogP contribution is 2.21. The topological polar surface area (TPSA) is 9.72 Å². The molecule has 0 radical (unpaired) electrons. The van der Waals surface area contributed by atoms with Gasteiger partial charge in [-0.15, -0.1) is 0 Å². The van der Waals surface area contributed by atoms with Gasteiger partial charge in [0.15, 0.2) is 0 Å². The van der Waals surface area contributed by atoms with Gasteiger partial charge in [0.25, 0.3) is 0 Å². The van der Waals surface area contributed by atoms with Crippen LogP contribution in [0.2, 0.25) is 0 Å². The van der Waals surface area contributed by atoms with Gasteiger partial charge in [0.1, 0.15) is 0 Å². The average Bonchev–Trinajstić information content (AvgIpc) is 2.51. The van der Waals surface area contributed by atoms with Crippen molar-refractivity contribution in [3.8, 4) is 0 Å². The molecule has 0 bridgehead atoms. The van der Waals surface area contributed by atoms with E-state index in [1.54, 1.807) is 0 Å². The predicted octanol–water partition coefficient (Wildman–Crippen LogP) is 2.29. The second-order valence-electron chi connectivity index (χ2n) is 6.83. The molecule has 2 aliphatic heterocycles. The van der Waals surface area contributed by atoms with Crippen LogP contribution in [0.4, 0.5) is 0 Å². The fourth-order valence-electron chi connectivity index (χ4n) is 3.77. The number of rotatable bonds is 3. The lowest BCUT2D eigenvalue weighted by molar-refractivity contribution is 0.0305. The first-order valence-electron chi connectivity index (χ1n) is 8.43. The largest absolute Gasteiger partial charge is 0.306 e. The van der Waals surface area contributed by atoms with Gasteiger partial charge in [-0.1, -0.05) is 30.3 Å². The molecule has 2 heterocycles. The molecule has 0 aliphatic carbocycles. The van der Waals surface area contributed by atoms with Gasteiger partial charge in [0, 0.05) is 38.3 Å². The lowest BCUT2D eigenvalue weighted by Gasteiger charge is -2.45. The average molecular weight is 287 g/mol. The van der Waals surface area contributed by atoms with Crippen molar-refractivity contribution in [2.45, 2.75) is 38.4 Å². The first kappa shape index (κ1) is 15.0. The SMILES string of the molecule is CC1CN(C2CCN(C)CC2)CCN1Cc1ccccc1. The van der Waals surface area contributed by atoms with E-state index in [4.69, 9.17) is 0 Å². The van der Waals surface area contributed by atoms with Crippen molar-refractivity contribution in [3.05, 3.63) is 35.9 Å². The van der Waals surface area contributed by atoms with Crippen molar-refractivity contribution in [3.63, 3.8) is 0 Å². The van der Waals surface area contributed by atoms with E-state index < -0.39 is 0 Å². The zero-order chi connectivity index (χ0) is 14.7. The van der Waals surface area contributed by atoms with Crippen LogP contribution in [0.1, 0.15) is 25.3 Å². The number of piperidine rings is 1. The maximum atomic E-state index is 2.75. The molecule has 3 nitrogen and oxygen atoms in total. The number of nitrogens with zero attached hydrogens (tertiary/aromatic N) is 3. The van der Waals surface area contributed by atoms with Crippen molar-refractivity contribution in [1.29, 1.82) is 0 Å². The highest BCUT2D eigenvalue weighted by atomic mass is 15.3. The predicted molar refractivity (Wildman–Crippen MR) is 88.4 cm³/mol. The van der Waals surface area contributed by atoms with E-state index in [2.05, 4.69) is 59.0 Å². The lowest BCUT2D eigenvalue weighted by atomic mass is 10.0. The summed E-state index contributed by atoms with van der Waals surface area (Å²) in [6, 6.07) is 12.4. The molecule has 0 aromatic heterocycles. The maximum absolute atomic E-state index is 2.75. The summed E-state index contributed by atoms with van der Waals surface area (Å²) in [5, 5.41) is 0. The van der Waals surface area contributed by atoms with Gasteiger partial charge >= 0.3 is 0 Å². The molecule has 1 aromatic carbocycles. The Hall–Kier alpha value is -0.900. The minimum Gasteiger partial charge on any atom is -0.306 e. The quantitative estimate of drug-likeness (QED) is 0.844. The Balaban J connectivity index is 1.52. The van der Waals surface area contributed by atoms with E-state index in [0.29, 0.717) is 6.04 Å². The normalized spacial score (nSPS) is 27.0. The molecule has 1 unspecified atom stereocenters. The van der Waals surface area contributed by atoms with Crippen molar-refractivity contribution in [2.24, 2.45) is 0 Å². The summed E-state index contributed by atoms with van der Waals surface area (Å²) in [4.78, 5) is 7.85. The van der Waals surface area contributed by atoms with Crippen LogP contribution in [-0.2, 0) is 6.54 Å². The Kier molecular flexibility index (Phi) is 4.94. The second kappa shape index (κ2) is 6.91. The van der Waals surface area contributed by atoms with Crippen LogP contribution in [0.3, 0.4) is 0 Å². The fourth-order valence-corrected chi connectivity index (χ4v) is 3.77. The maximum Gasteiger partial charge on any atom is 0.0237 e. The molecule has 0 saturated carbocycles. The van der Waals surface area contributed by atoms with Crippen molar-refractivity contribution >= 4 is 0 Å². The van der Waals surface area contributed by atoms with E-state index in [1.807, 2.05) is 0 Å². The minimum atomic E-state index is 0.665. The molecule has 0 N–H and O–H groups in total. The molecule has 1 atom stereocenters. The smallest absolute Gasteiger partial charge is 0.0237 e. The summed E-state index contributed by atoms with van der Waals surface area (Å²) in [6.45, 7) is 9.72. The number of benzene rings is 1. The molecule has 3 rings (SSSR count). The van der Waals surface area contributed by atoms with Crippen LogP contribution in [0.15, 0.2) is 30.3 Å². The van der Waals surface area contributed by atoms with Crippen LogP contribution < -0.4 is 0 Å². The first-order chi connectivity index (χ1) is 10.2. The lowest BCUT2D eigenvalue weighted by Crippen LogP contribution is -2.56. The standard InChI is InChI=1S/C18H29N3/c1-16-14-21(18-8-10-19(2)11-9-18)13-12-20(16)15-17-6-4-3-5-7-17/h3-7,16,18H,8-15H2,1-2H3. The van der Waals surface area contributed by atoms with Gasteiger partial charge in [0.05, 0.1) is 0 Å². The molecule has 2 fully saturated rings. The Bertz CT molecular complexity index is 425. The summed E-state index contributed by atoms with van der Waals surface area (Å²) in [7, 11) is 2.25. The molecular weight excluding hydrogens is 258 g/mol. The second-order valence-corrected chi connectivity index (χ2v) is 6.83. The molecule has 2 saturated heterocycles. The van der Waals surface area contributed by atoms with Crippen molar-refractivity contribution in [1.82, 2.24) is 14.7 Å². The zero-order valence-corrected chi connectivity index (χ0v) is 13.5. The monoisotopic (exact) mass is 287 g/mol. The number of hydrogen-bond donors (Lipinski definition) is 0. The Labute approximate surface area is 129 Å². The molecule has 21 heavy (non-hydrogen) atoms. The molecule has 116 valence electrons. The van der Waals surface area contributed by atoms with Gasteiger partial charge in [-0.25, -0.2) is 0 Å². The Morgan fingerprint density at radius 2 is 1.71 bits per heavy atom. The summed E-state index contributed by atoms with van der Waals surface area (Å²) in [6.07, 6.45) is 2.70. The Morgan fingerprint density at radius 1 is 1.00 bits per heavy atom. The summed E-state index contributed by atoms with van der Waals surface area (Å²) in [5.74, 6) is 0. The third-order valence-corrected chi connectivity index (χ3v) is 5.23. The third kappa shape index (κ3) is 3.85. The van der Waals surface area contributed by atoms with E-state index in [0.717, 1.165) is 12.6 Å². The highest BCUT2D eigenvalue weighted by Gasteiger charge is 2.29. The van der Waals surface area contributed by atoms with Crippen LogP contribution in [-0.4, -0.2) is 66.6 Å². The highest BCUT2D eigenvalue weighted by molar-refractivity contribution is 5.14. The fraction of sp³-hybridized carbons (Fsp3) is 0.667. The van der Waals surface area contributed by atoms with Crippen LogP contribution >= 0.6 is 0 Å². The summed E-state index contributed by atoms with van der Waals surface area (Å²) < 4.78 is 0. The van der Waals surface area contributed by atoms with E-state index in [-0.39, 0.29) is 0 Å². The zero-order valence-electron chi connectivity index (χ0n) is 13.5. The van der Waals surface area contributed by atoms with Gasteiger partial charge < -0.3 is 4.90 Å². The Morgan fingerprint density at radius 3 is 2.38 bits per heavy atom. The van der Waals surface area contributed by atoms with Crippen molar-refractivity contribution < 1.29 is 0 Å². The first-order valence-corrected chi connectivity index (χ1v) is 8.43. The molecule has 2 aliphatic rings. The molecule has 3 heteroatoms. The summed E-state index contributed by atoms with van der Waals surface area (Å²) in [5.41, 5.74) is 1.44. The van der Waals surface area contributed by atoms with Crippen LogP contribution in [0.25, 0.3) is 0 Å². The number of likely N-dealkylation sites (tertiary alicyclic amines) is 1. The van der Waals surface area contributed by atoms with Gasteiger partial charge in [-0.3, -0.25) is 9.80 Å². The van der Waals surface area contributed by atoms with E-state index >= 15 is 0 Å². The number of piperazine rings is 1. The molecular formula is C18H29N3. The molecule has 1 aromatic rings. The van der Waals surface area contributed by atoms with Gasteiger partial charge in [-0.05, 0) is 45.5 Å². The van der Waals surface area contributed by atoms with Crippen molar-refractivity contribution in [2.75, 3.05) is 39.8 Å². The van der Waals surface area contributed by atoms with Crippen LogP contribution in [0.5, 0.6) is 0 Å². The molecule has 0 amide bonds. The van der Waals surface area contributed by atoms with E-state index in [1.165, 1.54) is 51.1 Å². The van der Waals surface area contributed by atoms with Gasteiger partial charge in [0.2, 0.25) is 0 Å². The van der Waals surface area contributed by atoms with E-state index in [9.17, 15) is 0 Å². The summed E-state index contributed by atoms with van der Waals surface area (Å²) >= 11 is 0. The van der Waals surface area contributed by atoms with Gasteiger partial charge in [-0.2, -0.15) is 0 Å². The minimum absolute atomic E-state index is 0.665. The van der Waals surface area contributed by atoms with Crippen LogP contribution in [0, 0.1) is 0 Å². The third-order valence-electron chi connectivity index (χ3n) is 5.23.